The van der Waals surface area contributed by atoms with Crippen LogP contribution in [0.5, 0.6) is 0 Å². The van der Waals surface area contributed by atoms with Gasteiger partial charge in [-0.3, -0.25) is 4.79 Å². The monoisotopic (exact) mass is 352 g/mol. The van der Waals surface area contributed by atoms with Gasteiger partial charge < -0.3 is 4.90 Å². The van der Waals surface area contributed by atoms with Crippen molar-refractivity contribution in [3.05, 3.63) is 35.9 Å². The van der Waals surface area contributed by atoms with Crippen molar-refractivity contribution >= 4 is 32.7 Å². The van der Waals surface area contributed by atoms with Crippen LogP contribution >= 0.6 is 11.8 Å². The minimum Gasteiger partial charge on any atom is -0.349 e. The topological polar surface area (TPSA) is 66.8 Å². The SMILES string of the molecule is CC[C@@H](C(=O)N=C1S[C@H]2CS(=O)(=O)C[C@@H]2N1C)c1ccccc1. The molecule has 5 nitrogen and oxygen atoms in total. The average Bonchev–Trinajstić information content (AvgIpc) is 2.95. The van der Waals surface area contributed by atoms with Crippen LogP contribution in [-0.4, -0.2) is 54.2 Å². The van der Waals surface area contributed by atoms with Crippen molar-refractivity contribution < 1.29 is 13.2 Å². The first-order chi connectivity index (χ1) is 10.9. The van der Waals surface area contributed by atoms with Crippen LogP contribution in [0.2, 0.25) is 0 Å². The number of amides is 1. The molecule has 2 fully saturated rings. The minimum absolute atomic E-state index is 0.00616. The summed E-state index contributed by atoms with van der Waals surface area (Å²) in [5.41, 5.74) is 0.970. The highest BCUT2D eigenvalue weighted by atomic mass is 32.2. The maximum Gasteiger partial charge on any atom is 0.255 e. The van der Waals surface area contributed by atoms with E-state index in [1.807, 2.05) is 49.2 Å². The number of hydrogen-bond acceptors (Lipinski definition) is 4. The molecule has 2 saturated heterocycles. The van der Waals surface area contributed by atoms with Crippen molar-refractivity contribution in [3.8, 4) is 0 Å². The molecule has 2 heterocycles. The third-order valence-corrected chi connectivity index (χ3v) is 7.74. The number of thioether (sulfide) groups is 1. The van der Waals surface area contributed by atoms with Gasteiger partial charge in [-0.15, -0.1) is 0 Å². The fourth-order valence-electron chi connectivity index (χ4n) is 3.15. The molecule has 0 N–H and O–H groups in total. The van der Waals surface area contributed by atoms with Gasteiger partial charge >= 0.3 is 0 Å². The highest BCUT2D eigenvalue weighted by Crippen LogP contribution is 2.37. The van der Waals surface area contributed by atoms with E-state index in [0.29, 0.717) is 11.6 Å². The second-order valence-corrected chi connectivity index (χ2v) is 9.38. The number of rotatable bonds is 3. The Morgan fingerprint density at radius 2 is 2.04 bits per heavy atom. The highest BCUT2D eigenvalue weighted by molar-refractivity contribution is 8.15. The van der Waals surface area contributed by atoms with Gasteiger partial charge in [0.15, 0.2) is 15.0 Å². The molecule has 7 heteroatoms. The summed E-state index contributed by atoms with van der Waals surface area (Å²) in [7, 11) is -1.13. The summed E-state index contributed by atoms with van der Waals surface area (Å²) in [5, 5.41) is 0.641. The van der Waals surface area contributed by atoms with Crippen LogP contribution < -0.4 is 0 Å². The predicted octanol–water partition coefficient (Wildman–Crippen LogP) is 1.91. The minimum atomic E-state index is -2.96. The maximum atomic E-state index is 12.6. The molecule has 2 aliphatic rings. The van der Waals surface area contributed by atoms with Crippen molar-refractivity contribution in [2.75, 3.05) is 18.6 Å². The molecule has 0 aliphatic carbocycles. The second-order valence-electron chi connectivity index (χ2n) is 6.02. The lowest BCUT2D eigenvalue weighted by molar-refractivity contribution is -0.119. The van der Waals surface area contributed by atoms with Crippen LogP contribution in [0.4, 0.5) is 0 Å². The largest absolute Gasteiger partial charge is 0.349 e. The van der Waals surface area contributed by atoms with Crippen molar-refractivity contribution in [2.24, 2.45) is 4.99 Å². The van der Waals surface area contributed by atoms with Crippen LogP contribution in [0.15, 0.2) is 35.3 Å². The molecular formula is C16H20N2O3S2. The fraction of sp³-hybridized carbons (Fsp3) is 0.500. The van der Waals surface area contributed by atoms with Crippen molar-refractivity contribution in [1.29, 1.82) is 0 Å². The van der Waals surface area contributed by atoms with Crippen LogP contribution in [0, 0.1) is 0 Å². The predicted molar refractivity (Wildman–Crippen MR) is 93.5 cm³/mol. The summed E-state index contributed by atoms with van der Waals surface area (Å²) in [5.74, 6) is -0.0715. The number of benzene rings is 1. The fourth-order valence-corrected chi connectivity index (χ4v) is 7.15. The Kier molecular flexibility index (Phi) is 4.51. The Bertz CT molecular complexity index is 731. The molecule has 1 aromatic carbocycles. The van der Waals surface area contributed by atoms with Gasteiger partial charge in [0.1, 0.15) is 0 Å². The Morgan fingerprint density at radius 3 is 2.65 bits per heavy atom. The summed E-state index contributed by atoms with van der Waals surface area (Å²) in [4.78, 5) is 18.7. The Labute approximate surface area is 141 Å². The summed E-state index contributed by atoms with van der Waals surface area (Å²) in [6.07, 6.45) is 0.690. The van der Waals surface area contributed by atoms with E-state index in [2.05, 4.69) is 4.99 Å². The number of carbonyl (C=O) groups excluding carboxylic acids is 1. The molecule has 3 rings (SSSR count). The standard InChI is InChI=1S/C16H20N2O3S2/c1-3-12(11-7-5-4-6-8-11)15(19)17-16-18(2)13-9-23(20,21)10-14(13)22-16/h4-8,12-14H,3,9-10H2,1-2H3/t12-,13+,14+/m1/s1. The molecule has 2 aliphatic heterocycles. The molecule has 0 saturated carbocycles. The van der Waals surface area contributed by atoms with E-state index in [1.165, 1.54) is 11.8 Å². The maximum absolute atomic E-state index is 12.6. The van der Waals surface area contributed by atoms with Gasteiger partial charge in [0.25, 0.3) is 5.91 Å². The molecule has 23 heavy (non-hydrogen) atoms. The number of hydrogen-bond donors (Lipinski definition) is 0. The third kappa shape index (κ3) is 3.30. The van der Waals surface area contributed by atoms with E-state index >= 15 is 0 Å². The number of fused-ring (bicyclic) bond motifs is 1. The first kappa shape index (κ1) is 16.5. The van der Waals surface area contributed by atoms with Gasteiger partial charge in [-0.1, -0.05) is 49.0 Å². The van der Waals surface area contributed by atoms with E-state index in [1.54, 1.807) is 0 Å². The zero-order chi connectivity index (χ0) is 16.6. The van der Waals surface area contributed by atoms with Gasteiger partial charge in [0.05, 0.1) is 23.5 Å². The van der Waals surface area contributed by atoms with E-state index < -0.39 is 9.84 Å². The van der Waals surface area contributed by atoms with Crippen LogP contribution in [0.25, 0.3) is 0 Å². The zero-order valence-corrected chi connectivity index (χ0v) is 14.8. The van der Waals surface area contributed by atoms with Gasteiger partial charge in [0, 0.05) is 12.3 Å². The lowest BCUT2D eigenvalue weighted by Gasteiger charge is -2.18. The Balaban J connectivity index is 1.78. The van der Waals surface area contributed by atoms with Gasteiger partial charge in [-0.2, -0.15) is 4.99 Å². The number of aliphatic imine (C=N–C) groups is 1. The summed E-state index contributed by atoms with van der Waals surface area (Å²) in [6.45, 7) is 1.97. The average molecular weight is 352 g/mol. The van der Waals surface area contributed by atoms with E-state index in [-0.39, 0.29) is 34.6 Å². The van der Waals surface area contributed by atoms with Gasteiger partial charge in [-0.25, -0.2) is 8.42 Å². The Morgan fingerprint density at radius 1 is 1.35 bits per heavy atom. The molecule has 0 spiro atoms. The van der Waals surface area contributed by atoms with Crippen molar-refractivity contribution in [3.63, 3.8) is 0 Å². The first-order valence-corrected chi connectivity index (χ1v) is 10.4. The summed E-state index contributed by atoms with van der Waals surface area (Å²) in [6, 6.07) is 9.59. The molecule has 1 aromatic rings. The van der Waals surface area contributed by atoms with Crippen LogP contribution in [-0.2, 0) is 14.6 Å². The number of nitrogens with zero attached hydrogens (tertiary/aromatic N) is 2. The molecule has 3 atom stereocenters. The van der Waals surface area contributed by atoms with Crippen molar-refractivity contribution in [2.45, 2.75) is 30.6 Å². The van der Waals surface area contributed by atoms with E-state index in [9.17, 15) is 13.2 Å². The van der Waals surface area contributed by atoms with E-state index in [4.69, 9.17) is 0 Å². The van der Waals surface area contributed by atoms with E-state index in [0.717, 1.165) is 5.56 Å². The van der Waals surface area contributed by atoms with Gasteiger partial charge in [0.2, 0.25) is 0 Å². The number of carbonyl (C=O) groups is 1. The summed E-state index contributed by atoms with van der Waals surface area (Å²) < 4.78 is 23.4. The number of sulfone groups is 1. The van der Waals surface area contributed by atoms with Crippen LogP contribution in [0.1, 0.15) is 24.8 Å². The quantitative estimate of drug-likeness (QED) is 0.831. The normalized spacial score (nSPS) is 28.8. The first-order valence-electron chi connectivity index (χ1n) is 7.68. The molecule has 0 bridgehead atoms. The molecule has 0 radical (unpaired) electrons. The lowest BCUT2D eigenvalue weighted by atomic mass is 9.96. The smallest absolute Gasteiger partial charge is 0.255 e. The molecule has 0 aromatic heterocycles. The zero-order valence-electron chi connectivity index (χ0n) is 13.2. The molecule has 124 valence electrons. The lowest BCUT2D eigenvalue weighted by Crippen LogP contribution is -2.34. The Hall–Kier alpha value is -1.34. The molecular weight excluding hydrogens is 332 g/mol. The second kappa shape index (κ2) is 6.28. The molecule has 0 unspecified atom stereocenters. The third-order valence-electron chi connectivity index (χ3n) is 4.44. The van der Waals surface area contributed by atoms with Gasteiger partial charge in [-0.05, 0) is 12.0 Å². The summed E-state index contributed by atoms with van der Waals surface area (Å²) >= 11 is 1.42. The molecule has 1 amide bonds. The van der Waals surface area contributed by atoms with Crippen molar-refractivity contribution in [1.82, 2.24) is 4.90 Å². The highest BCUT2D eigenvalue weighted by Gasteiger charge is 2.47. The number of amidine groups is 1. The van der Waals surface area contributed by atoms with Crippen LogP contribution in [0.3, 0.4) is 0 Å².